The molecule has 0 aromatic heterocycles. The molecule has 1 aliphatic rings. The van der Waals surface area contributed by atoms with E-state index in [9.17, 15) is 0 Å². The first kappa shape index (κ1) is 9.68. The molecule has 1 aliphatic heterocycles. The molecule has 0 saturated carbocycles. The zero-order chi connectivity index (χ0) is 9.80. The van der Waals surface area contributed by atoms with E-state index in [4.69, 9.17) is 9.05 Å². The Labute approximate surface area is 85.1 Å². The highest BCUT2D eigenvalue weighted by molar-refractivity contribution is 7.53. The van der Waals surface area contributed by atoms with Crippen LogP contribution in [0.2, 0.25) is 0 Å². The predicted molar refractivity (Wildman–Crippen MR) is 56.7 cm³/mol. The van der Waals surface area contributed by atoms with Crippen LogP contribution < -0.4 is 0 Å². The first-order chi connectivity index (χ1) is 6.84. The normalized spacial score (nSPS) is 25.5. The van der Waals surface area contributed by atoms with Crippen LogP contribution in [0.5, 0.6) is 0 Å². The molecule has 72 valence electrons. The summed E-state index contributed by atoms with van der Waals surface area (Å²) in [4.78, 5) is 0. The number of hydrogen-bond donors (Lipinski definition) is 0. The van der Waals surface area contributed by atoms with Crippen LogP contribution in [0.3, 0.4) is 0 Å². The molecule has 3 heteroatoms. The molecule has 14 heavy (non-hydrogen) atoms. The van der Waals surface area contributed by atoms with Gasteiger partial charge in [0.2, 0.25) is 0 Å². The van der Waals surface area contributed by atoms with Crippen LogP contribution in [-0.4, -0.2) is 12.7 Å². The molecule has 1 aromatic rings. The van der Waals surface area contributed by atoms with Crippen LogP contribution >= 0.6 is 8.38 Å². The van der Waals surface area contributed by atoms with Crippen LogP contribution in [0, 0.1) is 11.6 Å². The molecular formula is C11H11O2P. The lowest BCUT2D eigenvalue weighted by molar-refractivity contribution is 0.262. The Kier molecular flexibility index (Phi) is 3.16. The zero-order valence-electron chi connectivity index (χ0n) is 7.93. The van der Waals surface area contributed by atoms with E-state index in [0.29, 0.717) is 6.61 Å². The van der Waals surface area contributed by atoms with Gasteiger partial charge in [0.25, 0.3) is 8.38 Å². The van der Waals surface area contributed by atoms with Crippen molar-refractivity contribution in [2.24, 2.45) is 0 Å². The van der Waals surface area contributed by atoms with Crippen LogP contribution in [-0.2, 0) is 9.05 Å². The van der Waals surface area contributed by atoms with Crippen molar-refractivity contribution in [3.8, 4) is 11.6 Å². The fraction of sp³-hybridized carbons (Fsp3) is 0.273. The molecule has 0 N–H and O–H groups in total. The molecule has 0 spiro atoms. The van der Waals surface area contributed by atoms with Crippen molar-refractivity contribution in [1.82, 2.24) is 0 Å². The molecule has 0 radical (unpaired) electrons. The van der Waals surface area contributed by atoms with E-state index in [2.05, 4.69) is 11.6 Å². The summed E-state index contributed by atoms with van der Waals surface area (Å²) < 4.78 is 10.8. The molecule has 1 heterocycles. The third kappa shape index (κ3) is 2.56. The minimum Gasteiger partial charge on any atom is -0.322 e. The fourth-order valence-electron chi connectivity index (χ4n) is 1.09. The van der Waals surface area contributed by atoms with Gasteiger partial charge in [-0.1, -0.05) is 24.1 Å². The van der Waals surface area contributed by atoms with Crippen molar-refractivity contribution in [2.75, 3.05) is 6.61 Å². The Hall–Kier alpha value is -0.870. The molecule has 0 amide bonds. The van der Waals surface area contributed by atoms with Gasteiger partial charge in [-0.3, -0.25) is 0 Å². The number of hydrogen-bond acceptors (Lipinski definition) is 2. The third-order valence-electron chi connectivity index (χ3n) is 1.77. The SMILES string of the molecule is CC1COP(C#Cc2ccccc2)O1. The van der Waals surface area contributed by atoms with Gasteiger partial charge in [-0.25, -0.2) is 0 Å². The summed E-state index contributed by atoms with van der Waals surface area (Å²) in [7, 11) is -0.969. The maximum atomic E-state index is 5.45. The first-order valence-corrected chi connectivity index (χ1v) is 5.69. The Balaban J connectivity index is 2.01. The highest BCUT2D eigenvalue weighted by atomic mass is 31.2. The molecule has 1 aromatic carbocycles. The molecule has 1 saturated heterocycles. The van der Waals surface area contributed by atoms with Crippen molar-refractivity contribution < 1.29 is 9.05 Å². The highest BCUT2D eigenvalue weighted by Gasteiger charge is 2.21. The standard InChI is InChI=1S/C11H11O2P/c1-10-9-12-14(13-10)8-7-11-5-3-2-4-6-11/h2-6,10H,9H2,1H3. The number of rotatable bonds is 0. The molecule has 2 unspecified atom stereocenters. The summed E-state index contributed by atoms with van der Waals surface area (Å²) in [6.45, 7) is 2.65. The zero-order valence-corrected chi connectivity index (χ0v) is 8.83. The van der Waals surface area contributed by atoms with Gasteiger partial charge in [0, 0.05) is 5.56 Å². The van der Waals surface area contributed by atoms with E-state index in [-0.39, 0.29) is 6.10 Å². The monoisotopic (exact) mass is 206 g/mol. The van der Waals surface area contributed by atoms with Crippen LogP contribution in [0.1, 0.15) is 12.5 Å². The van der Waals surface area contributed by atoms with Crippen molar-refractivity contribution in [1.29, 1.82) is 0 Å². The Bertz CT molecular complexity index is 353. The maximum Gasteiger partial charge on any atom is 0.257 e. The van der Waals surface area contributed by atoms with Gasteiger partial charge in [0.15, 0.2) is 0 Å². The molecule has 0 bridgehead atoms. The summed E-state index contributed by atoms with van der Waals surface area (Å²) in [6.07, 6.45) is 0.186. The maximum absolute atomic E-state index is 5.45. The predicted octanol–water partition coefficient (Wildman–Crippen LogP) is 2.74. The Morgan fingerprint density at radius 3 is 2.79 bits per heavy atom. The van der Waals surface area contributed by atoms with E-state index in [1.54, 1.807) is 0 Å². The van der Waals surface area contributed by atoms with Crippen molar-refractivity contribution in [3.63, 3.8) is 0 Å². The van der Waals surface area contributed by atoms with Crippen molar-refractivity contribution in [2.45, 2.75) is 13.0 Å². The molecule has 1 fully saturated rings. The van der Waals surface area contributed by atoms with Gasteiger partial charge in [0.05, 0.1) is 12.7 Å². The lowest BCUT2D eigenvalue weighted by Gasteiger charge is -1.97. The first-order valence-electron chi connectivity index (χ1n) is 4.51. The van der Waals surface area contributed by atoms with Gasteiger partial charge >= 0.3 is 0 Å². The molecular weight excluding hydrogens is 195 g/mol. The highest BCUT2D eigenvalue weighted by Crippen LogP contribution is 2.43. The molecule has 2 rings (SSSR count). The van der Waals surface area contributed by atoms with E-state index in [1.165, 1.54) is 0 Å². The van der Waals surface area contributed by atoms with Crippen molar-refractivity contribution >= 4 is 8.38 Å². The lowest BCUT2D eigenvalue weighted by Crippen LogP contribution is -1.99. The minimum atomic E-state index is -0.969. The van der Waals surface area contributed by atoms with Crippen LogP contribution in [0.15, 0.2) is 30.3 Å². The van der Waals surface area contributed by atoms with Crippen molar-refractivity contribution in [3.05, 3.63) is 35.9 Å². The number of benzene rings is 1. The second-order valence-electron chi connectivity index (χ2n) is 3.07. The summed E-state index contributed by atoms with van der Waals surface area (Å²) in [6, 6.07) is 9.86. The summed E-state index contributed by atoms with van der Waals surface area (Å²) in [5, 5.41) is 0. The molecule has 2 atom stereocenters. The summed E-state index contributed by atoms with van der Waals surface area (Å²) in [5.74, 6) is 3.04. The average molecular weight is 206 g/mol. The van der Waals surface area contributed by atoms with E-state index < -0.39 is 8.38 Å². The second-order valence-corrected chi connectivity index (χ2v) is 4.28. The Morgan fingerprint density at radius 1 is 1.36 bits per heavy atom. The van der Waals surface area contributed by atoms with Crippen LogP contribution in [0.25, 0.3) is 0 Å². The third-order valence-corrected chi connectivity index (χ3v) is 3.00. The van der Waals surface area contributed by atoms with Gasteiger partial charge < -0.3 is 9.05 Å². The quantitative estimate of drug-likeness (QED) is 0.480. The van der Waals surface area contributed by atoms with Crippen LogP contribution in [0.4, 0.5) is 0 Å². The van der Waals surface area contributed by atoms with Gasteiger partial charge in [-0.2, -0.15) is 0 Å². The van der Waals surface area contributed by atoms with E-state index >= 15 is 0 Å². The lowest BCUT2D eigenvalue weighted by atomic mass is 10.2. The smallest absolute Gasteiger partial charge is 0.257 e. The van der Waals surface area contributed by atoms with Gasteiger partial charge in [-0.15, -0.1) is 0 Å². The van der Waals surface area contributed by atoms with E-state index in [0.717, 1.165) is 5.56 Å². The Morgan fingerprint density at radius 2 is 2.14 bits per heavy atom. The van der Waals surface area contributed by atoms with E-state index in [1.807, 2.05) is 37.3 Å². The van der Waals surface area contributed by atoms with Gasteiger partial charge in [-0.05, 0) is 24.7 Å². The minimum absolute atomic E-state index is 0.186. The van der Waals surface area contributed by atoms with Gasteiger partial charge in [0.1, 0.15) is 0 Å². The fourth-order valence-corrected chi connectivity index (χ4v) is 2.22. The largest absolute Gasteiger partial charge is 0.322 e. The average Bonchev–Trinajstić information content (AvgIpc) is 2.63. The second kappa shape index (κ2) is 4.57. The summed E-state index contributed by atoms with van der Waals surface area (Å²) >= 11 is 0. The molecule has 2 nitrogen and oxygen atoms in total. The molecule has 0 aliphatic carbocycles. The summed E-state index contributed by atoms with van der Waals surface area (Å²) in [5.41, 5.74) is 4.00. The topological polar surface area (TPSA) is 18.5 Å².